The molecule has 0 fully saturated rings. The van der Waals surface area contributed by atoms with Crippen molar-refractivity contribution in [3.8, 4) is 0 Å². The molecular formula is C17H18FNO2. The number of nitrogens with zero attached hydrogens (tertiary/aromatic N) is 1. The van der Waals surface area contributed by atoms with Gasteiger partial charge in [0, 0.05) is 19.3 Å². The van der Waals surface area contributed by atoms with E-state index in [-0.39, 0.29) is 5.56 Å². The van der Waals surface area contributed by atoms with Crippen LogP contribution in [0.4, 0.5) is 10.1 Å². The Morgan fingerprint density at radius 2 is 1.81 bits per heavy atom. The Bertz CT molecular complexity index is 638. The molecule has 0 amide bonds. The van der Waals surface area contributed by atoms with Gasteiger partial charge < -0.3 is 10.0 Å². The number of anilines is 1. The number of aromatic carboxylic acids is 1. The minimum Gasteiger partial charge on any atom is -0.478 e. The van der Waals surface area contributed by atoms with Crippen LogP contribution in [0.1, 0.15) is 28.4 Å². The predicted octanol–water partition coefficient (Wildman–Crippen LogP) is 3.72. The van der Waals surface area contributed by atoms with Crippen molar-refractivity contribution < 1.29 is 14.3 Å². The van der Waals surface area contributed by atoms with Gasteiger partial charge in [0.2, 0.25) is 0 Å². The molecule has 1 N–H and O–H groups in total. The quantitative estimate of drug-likeness (QED) is 0.911. The molecule has 0 unspecified atom stereocenters. The number of carboxylic acid groups (broad SMARTS) is 1. The zero-order valence-corrected chi connectivity index (χ0v) is 12.1. The maximum absolute atomic E-state index is 13.5. The second kappa shape index (κ2) is 6.39. The Labute approximate surface area is 123 Å². The minimum atomic E-state index is -1.12. The van der Waals surface area contributed by atoms with Gasteiger partial charge in [-0.05, 0) is 47.9 Å². The molecule has 0 heterocycles. The first-order valence-electron chi connectivity index (χ1n) is 6.82. The fraction of sp³-hybridized carbons (Fsp3) is 0.235. The number of rotatable bonds is 5. The van der Waals surface area contributed by atoms with Gasteiger partial charge in [-0.25, -0.2) is 9.18 Å². The first-order valence-corrected chi connectivity index (χ1v) is 6.82. The lowest BCUT2D eigenvalue weighted by Crippen LogP contribution is -2.17. The van der Waals surface area contributed by atoms with Crippen molar-refractivity contribution in [1.29, 1.82) is 0 Å². The molecule has 0 saturated heterocycles. The smallest absolute Gasteiger partial charge is 0.335 e. The van der Waals surface area contributed by atoms with Crippen molar-refractivity contribution >= 4 is 11.7 Å². The topological polar surface area (TPSA) is 40.5 Å². The second-order valence-corrected chi connectivity index (χ2v) is 5.03. The molecule has 2 rings (SSSR count). The predicted molar refractivity (Wildman–Crippen MR) is 81.3 cm³/mol. The lowest BCUT2D eigenvalue weighted by molar-refractivity contribution is 0.0696. The monoisotopic (exact) mass is 287 g/mol. The summed E-state index contributed by atoms with van der Waals surface area (Å²) in [5.74, 6) is -1.65. The molecule has 0 atom stereocenters. The number of halogens is 1. The molecule has 2 aromatic rings. The molecule has 0 spiro atoms. The Balaban J connectivity index is 2.18. The summed E-state index contributed by atoms with van der Waals surface area (Å²) < 4.78 is 13.5. The third-order valence-corrected chi connectivity index (χ3v) is 3.41. The molecule has 4 heteroatoms. The summed E-state index contributed by atoms with van der Waals surface area (Å²) in [5, 5.41) is 8.96. The molecule has 0 aliphatic heterocycles. The molecule has 0 aliphatic rings. The summed E-state index contributed by atoms with van der Waals surface area (Å²) in [4.78, 5) is 12.9. The summed E-state index contributed by atoms with van der Waals surface area (Å²) in [6.07, 6.45) is 0.982. The highest BCUT2D eigenvalue weighted by atomic mass is 19.1. The first-order chi connectivity index (χ1) is 9.99. The maximum atomic E-state index is 13.5. The third-order valence-electron chi connectivity index (χ3n) is 3.41. The Morgan fingerprint density at radius 1 is 1.14 bits per heavy atom. The number of benzene rings is 2. The van der Waals surface area contributed by atoms with Gasteiger partial charge in [-0.3, -0.25) is 0 Å². The Kier molecular flexibility index (Phi) is 4.58. The van der Waals surface area contributed by atoms with E-state index in [0.717, 1.165) is 18.2 Å². The van der Waals surface area contributed by atoms with E-state index in [1.165, 1.54) is 17.7 Å². The number of carbonyl (C=O) groups is 1. The normalized spacial score (nSPS) is 10.4. The largest absolute Gasteiger partial charge is 0.478 e. The summed E-state index contributed by atoms with van der Waals surface area (Å²) in [6, 6.07) is 12.0. The van der Waals surface area contributed by atoms with Gasteiger partial charge in [-0.2, -0.15) is 0 Å². The Morgan fingerprint density at radius 3 is 2.38 bits per heavy atom. The van der Waals surface area contributed by atoms with Gasteiger partial charge in [0.1, 0.15) is 5.82 Å². The average Bonchev–Trinajstić information content (AvgIpc) is 2.46. The molecule has 0 aliphatic carbocycles. The highest BCUT2D eigenvalue weighted by Gasteiger charge is 2.09. The van der Waals surface area contributed by atoms with Gasteiger partial charge in [-0.1, -0.05) is 19.1 Å². The molecule has 0 bridgehead atoms. The third kappa shape index (κ3) is 3.81. The van der Waals surface area contributed by atoms with Crippen LogP contribution in [0.25, 0.3) is 0 Å². The van der Waals surface area contributed by atoms with Crippen LogP contribution in [0.5, 0.6) is 0 Å². The van der Waals surface area contributed by atoms with Gasteiger partial charge in [0.25, 0.3) is 0 Å². The molecule has 2 aromatic carbocycles. The zero-order chi connectivity index (χ0) is 15.4. The minimum absolute atomic E-state index is 0.0280. The Hall–Kier alpha value is -2.36. The van der Waals surface area contributed by atoms with Crippen molar-refractivity contribution in [3.05, 3.63) is 65.0 Å². The lowest BCUT2D eigenvalue weighted by atomic mass is 10.1. The lowest BCUT2D eigenvalue weighted by Gasteiger charge is -2.20. The van der Waals surface area contributed by atoms with Crippen LogP contribution in [-0.4, -0.2) is 18.1 Å². The van der Waals surface area contributed by atoms with E-state index in [4.69, 9.17) is 5.11 Å². The summed E-state index contributed by atoms with van der Waals surface area (Å²) in [6.45, 7) is 2.54. The average molecular weight is 287 g/mol. The molecule has 3 nitrogen and oxygen atoms in total. The standard InChI is InChI=1S/C17H18FNO2/c1-3-12-4-6-16(7-5-12)19(2)11-13-8-14(17(20)21)10-15(18)9-13/h4-10H,3,11H2,1-2H3,(H,20,21). The van der Waals surface area contributed by atoms with E-state index in [9.17, 15) is 9.18 Å². The fourth-order valence-electron chi connectivity index (χ4n) is 2.22. The zero-order valence-electron chi connectivity index (χ0n) is 12.1. The van der Waals surface area contributed by atoms with Crippen molar-refractivity contribution in [3.63, 3.8) is 0 Å². The molecular weight excluding hydrogens is 269 g/mol. The van der Waals surface area contributed by atoms with Gasteiger partial charge in [0.05, 0.1) is 5.56 Å². The number of aryl methyl sites for hydroxylation is 1. The van der Waals surface area contributed by atoms with E-state index in [1.54, 1.807) is 0 Å². The molecule has 21 heavy (non-hydrogen) atoms. The first kappa shape index (κ1) is 15.0. The molecule has 110 valence electrons. The van der Waals surface area contributed by atoms with E-state index in [1.807, 2.05) is 24.1 Å². The van der Waals surface area contributed by atoms with Crippen LogP contribution < -0.4 is 4.90 Å². The molecule has 0 radical (unpaired) electrons. The fourth-order valence-corrected chi connectivity index (χ4v) is 2.22. The van der Waals surface area contributed by atoms with Gasteiger partial charge >= 0.3 is 5.97 Å². The highest BCUT2D eigenvalue weighted by molar-refractivity contribution is 5.87. The van der Waals surface area contributed by atoms with Crippen LogP contribution in [0.15, 0.2) is 42.5 Å². The second-order valence-electron chi connectivity index (χ2n) is 5.03. The molecule has 0 aromatic heterocycles. The van der Waals surface area contributed by atoms with E-state index in [2.05, 4.69) is 19.1 Å². The SMILES string of the molecule is CCc1ccc(N(C)Cc2cc(F)cc(C(=O)O)c2)cc1. The molecule has 0 saturated carbocycles. The number of carboxylic acids is 1. The van der Waals surface area contributed by atoms with Gasteiger partial charge in [0.15, 0.2) is 0 Å². The number of hydrogen-bond acceptors (Lipinski definition) is 2. The summed E-state index contributed by atoms with van der Waals surface area (Å²) in [7, 11) is 1.90. The van der Waals surface area contributed by atoms with E-state index >= 15 is 0 Å². The van der Waals surface area contributed by atoms with Crippen LogP contribution in [0, 0.1) is 5.82 Å². The van der Waals surface area contributed by atoms with Gasteiger partial charge in [-0.15, -0.1) is 0 Å². The highest BCUT2D eigenvalue weighted by Crippen LogP contribution is 2.18. The maximum Gasteiger partial charge on any atom is 0.335 e. The van der Waals surface area contributed by atoms with Crippen LogP contribution >= 0.6 is 0 Å². The van der Waals surface area contributed by atoms with E-state index in [0.29, 0.717) is 12.1 Å². The summed E-state index contributed by atoms with van der Waals surface area (Å²) >= 11 is 0. The number of hydrogen-bond donors (Lipinski definition) is 1. The summed E-state index contributed by atoms with van der Waals surface area (Å²) in [5.41, 5.74) is 2.87. The van der Waals surface area contributed by atoms with Crippen molar-refractivity contribution in [2.24, 2.45) is 0 Å². The van der Waals surface area contributed by atoms with Crippen molar-refractivity contribution in [2.45, 2.75) is 19.9 Å². The van der Waals surface area contributed by atoms with Crippen molar-refractivity contribution in [2.75, 3.05) is 11.9 Å². The van der Waals surface area contributed by atoms with Crippen molar-refractivity contribution in [1.82, 2.24) is 0 Å². The van der Waals surface area contributed by atoms with Crippen LogP contribution in [0.3, 0.4) is 0 Å². The van der Waals surface area contributed by atoms with Crippen LogP contribution in [0.2, 0.25) is 0 Å². The van der Waals surface area contributed by atoms with Crippen LogP contribution in [-0.2, 0) is 13.0 Å². The van der Waals surface area contributed by atoms with E-state index < -0.39 is 11.8 Å².